The summed E-state index contributed by atoms with van der Waals surface area (Å²) in [6.07, 6.45) is -5.47. The Bertz CT molecular complexity index is 840. The van der Waals surface area contributed by atoms with E-state index in [1.807, 2.05) is 12.1 Å². The van der Waals surface area contributed by atoms with Crippen LogP contribution in [0.1, 0.15) is 33.3 Å². The monoisotopic (exact) mass is 467 g/mol. The summed E-state index contributed by atoms with van der Waals surface area (Å²) in [4.78, 5) is 46.8. The van der Waals surface area contributed by atoms with Crippen LogP contribution < -0.4 is 10.5 Å². The van der Waals surface area contributed by atoms with Crippen molar-refractivity contribution in [1.29, 1.82) is 0 Å². The lowest BCUT2D eigenvalue weighted by Gasteiger charge is -2.43. The predicted molar refractivity (Wildman–Crippen MR) is 112 cm³/mol. The highest BCUT2D eigenvalue weighted by molar-refractivity contribution is 5.68. The first-order valence-corrected chi connectivity index (χ1v) is 10.4. The van der Waals surface area contributed by atoms with Crippen LogP contribution in [0.2, 0.25) is 0 Å². The number of carbonyl (C=O) groups is 4. The third-order valence-electron chi connectivity index (χ3n) is 4.56. The van der Waals surface area contributed by atoms with Gasteiger partial charge in [-0.25, -0.2) is 0 Å². The van der Waals surface area contributed by atoms with Gasteiger partial charge in [0.1, 0.15) is 18.5 Å². The summed E-state index contributed by atoms with van der Waals surface area (Å²) in [5.41, 5.74) is 6.56. The highest BCUT2D eigenvalue weighted by atomic mass is 16.7. The van der Waals surface area contributed by atoms with Crippen LogP contribution in [-0.2, 0) is 49.3 Å². The summed E-state index contributed by atoms with van der Waals surface area (Å²) in [6.45, 7) is 4.83. The molecule has 1 saturated heterocycles. The lowest BCUT2D eigenvalue weighted by atomic mass is 9.98. The fourth-order valence-corrected chi connectivity index (χ4v) is 3.32. The molecule has 2 unspecified atom stereocenters. The van der Waals surface area contributed by atoms with Crippen LogP contribution >= 0.6 is 0 Å². The molecule has 1 fully saturated rings. The number of nitrogens with two attached hydrogens (primary N) is 1. The van der Waals surface area contributed by atoms with Crippen molar-refractivity contribution in [2.45, 2.75) is 64.8 Å². The van der Waals surface area contributed by atoms with E-state index in [0.717, 1.165) is 26.3 Å². The third-order valence-corrected chi connectivity index (χ3v) is 4.56. The maximum atomic E-state index is 11.8. The second-order valence-electron chi connectivity index (χ2n) is 7.37. The molecular weight excluding hydrogens is 438 g/mol. The Morgan fingerprint density at radius 1 is 0.818 bits per heavy atom. The molecule has 1 heterocycles. The smallest absolute Gasteiger partial charge is 0.303 e. The van der Waals surface area contributed by atoms with Crippen molar-refractivity contribution >= 4 is 23.9 Å². The maximum Gasteiger partial charge on any atom is 0.303 e. The van der Waals surface area contributed by atoms with Crippen LogP contribution in [0.4, 0.5) is 0 Å². The van der Waals surface area contributed by atoms with Gasteiger partial charge in [0.2, 0.25) is 12.4 Å². The topological polar surface area (TPSA) is 150 Å². The molecule has 0 aliphatic carbocycles. The molecule has 33 heavy (non-hydrogen) atoms. The molecule has 5 atom stereocenters. The summed E-state index contributed by atoms with van der Waals surface area (Å²) >= 11 is 0. The Balaban J connectivity index is 2.40. The molecular formula is C22H29NO10. The van der Waals surface area contributed by atoms with Crippen molar-refractivity contribution in [3.8, 4) is 5.75 Å². The lowest BCUT2D eigenvalue weighted by Crippen LogP contribution is -2.63. The Morgan fingerprint density at radius 2 is 1.36 bits per heavy atom. The second kappa shape index (κ2) is 12.2. The van der Waals surface area contributed by atoms with Crippen molar-refractivity contribution in [3.63, 3.8) is 0 Å². The molecule has 0 saturated carbocycles. The van der Waals surface area contributed by atoms with Crippen LogP contribution in [-0.4, -0.2) is 67.7 Å². The predicted octanol–water partition coefficient (Wildman–Crippen LogP) is 0.650. The van der Waals surface area contributed by atoms with Gasteiger partial charge in [-0.3, -0.25) is 19.2 Å². The number of ether oxygens (including phenoxy) is 6. The summed E-state index contributed by atoms with van der Waals surface area (Å²) in [7, 11) is 0. The molecule has 2 N–H and O–H groups in total. The first kappa shape index (κ1) is 26.1. The highest BCUT2D eigenvalue weighted by Crippen LogP contribution is 2.31. The van der Waals surface area contributed by atoms with Crippen molar-refractivity contribution in [3.05, 3.63) is 29.8 Å². The molecule has 1 aliphatic heterocycles. The van der Waals surface area contributed by atoms with E-state index in [4.69, 9.17) is 34.2 Å². The fraction of sp³-hybridized carbons (Fsp3) is 0.545. The third kappa shape index (κ3) is 8.03. The molecule has 0 radical (unpaired) electrons. The standard InChI is InChI=1S/C22H29NO10/c1-12(24)28-11-18-19(29-13(2)25)20(30-14(3)26)21(31-15(4)27)22(33-18)32-17-7-5-16(6-8-17)9-10-23/h5-8,18-22H,9-11,23H2,1-4H3/t18?,19-,20+,21?,22+/m1/s1. The van der Waals surface area contributed by atoms with E-state index < -0.39 is 54.6 Å². The van der Waals surface area contributed by atoms with E-state index in [0.29, 0.717) is 18.7 Å². The van der Waals surface area contributed by atoms with Gasteiger partial charge in [0, 0.05) is 27.7 Å². The van der Waals surface area contributed by atoms with Crippen molar-refractivity contribution < 1.29 is 47.6 Å². The van der Waals surface area contributed by atoms with Gasteiger partial charge in [0.25, 0.3) is 0 Å². The Labute approximate surface area is 191 Å². The number of esters is 4. The summed E-state index contributed by atoms with van der Waals surface area (Å²) in [5, 5.41) is 0. The molecule has 0 spiro atoms. The van der Waals surface area contributed by atoms with E-state index >= 15 is 0 Å². The van der Waals surface area contributed by atoms with Crippen LogP contribution in [0.25, 0.3) is 0 Å². The molecule has 11 heteroatoms. The van der Waals surface area contributed by atoms with E-state index in [1.165, 1.54) is 6.92 Å². The van der Waals surface area contributed by atoms with Crippen LogP contribution in [0, 0.1) is 0 Å². The lowest BCUT2D eigenvalue weighted by molar-refractivity contribution is -0.288. The fourth-order valence-electron chi connectivity index (χ4n) is 3.32. The molecule has 1 aromatic carbocycles. The van der Waals surface area contributed by atoms with E-state index in [9.17, 15) is 19.2 Å². The Morgan fingerprint density at radius 3 is 1.88 bits per heavy atom. The molecule has 1 aliphatic rings. The molecule has 0 aromatic heterocycles. The largest absolute Gasteiger partial charge is 0.463 e. The average molecular weight is 467 g/mol. The number of hydrogen-bond acceptors (Lipinski definition) is 11. The number of hydrogen-bond donors (Lipinski definition) is 1. The zero-order valence-electron chi connectivity index (χ0n) is 19.0. The van der Waals surface area contributed by atoms with Gasteiger partial charge in [-0.05, 0) is 30.7 Å². The Hall–Kier alpha value is -3.18. The average Bonchev–Trinajstić information content (AvgIpc) is 2.71. The minimum absolute atomic E-state index is 0.326. The quantitative estimate of drug-likeness (QED) is 0.403. The molecule has 11 nitrogen and oxygen atoms in total. The number of benzene rings is 1. The van der Waals surface area contributed by atoms with Gasteiger partial charge in [0.15, 0.2) is 12.2 Å². The van der Waals surface area contributed by atoms with E-state index in [-0.39, 0.29) is 6.61 Å². The van der Waals surface area contributed by atoms with Gasteiger partial charge in [0.05, 0.1) is 0 Å². The molecule has 2 rings (SSSR count). The van der Waals surface area contributed by atoms with Crippen LogP contribution in [0.5, 0.6) is 5.75 Å². The van der Waals surface area contributed by atoms with Gasteiger partial charge in [-0.2, -0.15) is 0 Å². The molecule has 182 valence electrons. The van der Waals surface area contributed by atoms with Gasteiger partial charge in [-0.15, -0.1) is 0 Å². The summed E-state index contributed by atoms with van der Waals surface area (Å²) in [6, 6.07) is 6.99. The minimum Gasteiger partial charge on any atom is -0.463 e. The van der Waals surface area contributed by atoms with Gasteiger partial charge < -0.3 is 34.2 Å². The SMILES string of the molecule is CC(=O)OCC1O[C@H](Oc2ccc(CCN)cc2)C(OC(C)=O)[C@@H](OC(C)=O)[C@@H]1OC(C)=O. The molecule has 0 bridgehead atoms. The van der Waals surface area contributed by atoms with Crippen molar-refractivity contribution in [2.24, 2.45) is 5.73 Å². The summed E-state index contributed by atoms with van der Waals surface area (Å²) in [5.74, 6) is -2.35. The maximum absolute atomic E-state index is 11.8. The van der Waals surface area contributed by atoms with Crippen molar-refractivity contribution in [2.75, 3.05) is 13.2 Å². The number of rotatable bonds is 9. The zero-order valence-corrected chi connectivity index (χ0v) is 19.0. The first-order valence-electron chi connectivity index (χ1n) is 10.4. The van der Waals surface area contributed by atoms with Gasteiger partial charge in [-0.1, -0.05) is 12.1 Å². The van der Waals surface area contributed by atoms with Gasteiger partial charge >= 0.3 is 23.9 Å². The first-order chi connectivity index (χ1) is 15.6. The normalized spacial score (nSPS) is 24.3. The minimum atomic E-state index is -1.29. The zero-order chi connectivity index (χ0) is 24.5. The van der Waals surface area contributed by atoms with E-state index in [1.54, 1.807) is 12.1 Å². The number of carbonyl (C=O) groups excluding carboxylic acids is 4. The Kier molecular flexibility index (Phi) is 9.61. The van der Waals surface area contributed by atoms with E-state index in [2.05, 4.69) is 0 Å². The second-order valence-corrected chi connectivity index (χ2v) is 7.37. The van der Waals surface area contributed by atoms with Crippen molar-refractivity contribution in [1.82, 2.24) is 0 Å². The molecule has 0 amide bonds. The van der Waals surface area contributed by atoms with Crippen LogP contribution in [0.15, 0.2) is 24.3 Å². The molecule has 1 aromatic rings. The van der Waals surface area contributed by atoms with Crippen LogP contribution in [0.3, 0.4) is 0 Å². The summed E-state index contributed by atoms with van der Waals surface area (Å²) < 4.78 is 32.9. The highest BCUT2D eigenvalue weighted by Gasteiger charge is 2.53.